The Morgan fingerprint density at radius 3 is 2.05 bits per heavy atom. The number of aromatic nitrogens is 1. The van der Waals surface area contributed by atoms with Crippen LogP contribution in [0.3, 0.4) is 0 Å². The Bertz CT molecular complexity index is 689. The molecule has 1 aromatic heterocycles. The molecular weight excluding hydrogens is 274 g/mol. The number of aryl methyl sites for hydroxylation is 2. The van der Waals surface area contributed by atoms with E-state index in [1.54, 1.807) is 45.4 Å². The Labute approximate surface area is 119 Å². The molecule has 0 aliphatic heterocycles. The number of sulfonamides is 1. The van der Waals surface area contributed by atoms with Crippen molar-refractivity contribution in [1.82, 2.24) is 4.98 Å². The maximum atomic E-state index is 12.5. The van der Waals surface area contributed by atoms with Crippen molar-refractivity contribution in [2.24, 2.45) is 0 Å². The molecule has 6 heteroatoms. The molecule has 20 heavy (non-hydrogen) atoms. The van der Waals surface area contributed by atoms with Crippen molar-refractivity contribution in [1.29, 1.82) is 0 Å². The molecule has 5 nitrogen and oxygen atoms in total. The van der Waals surface area contributed by atoms with Crippen LogP contribution in [0.15, 0.2) is 41.6 Å². The van der Waals surface area contributed by atoms with E-state index >= 15 is 0 Å². The van der Waals surface area contributed by atoms with E-state index in [1.165, 1.54) is 0 Å². The minimum Gasteiger partial charge on any atom is -0.388 e. The highest BCUT2D eigenvalue weighted by molar-refractivity contribution is 7.92. The van der Waals surface area contributed by atoms with Crippen LogP contribution in [0.1, 0.15) is 11.1 Å². The van der Waals surface area contributed by atoms with Crippen LogP contribution >= 0.6 is 0 Å². The van der Waals surface area contributed by atoms with Crippen molar-refractivity contribution < 1.29 is 8.42 Å². The lowest BCUT2D eigenvalue weighted by molar-refractivity contribution is 0.600. The van der Waals surface area contributed by atoms with Crippen molar-refractivity contribution in [2.75, 3.05) is 17.1 Å². The Morgan fingerprint density at radius 2 is 1.55 bits per heavy atom. The van der Waals surface area contributed by atoms with Crippen LogP contribution in [0.2, 0.25) is 0 Å². The molecule has 0 spiro atoms. The van der Waals surface area contributed by atoms with Crippen molar-refractivity contribution in [3.8, 4) is 0 Å². The van der Waals surface area contributed by atoms with Gasteiger partial charge in [0.25, 0.3) is 10.0 Å². The van der Waals surface area contributed by atoms with Crippen molar-refractivity contribution >= 4 is 21.4 Å². The summed E-state index contributed by atoms with van der Waals surface area (Å²) in [7, 11) is -1.80. The largest absolute Gasteiger partial charge is 0.388 e. The first-order valence-corrected chi connectivity index (χ1v) is 7.64. The van der Waals surface area contributed by atoms with Gasteiger partial charge in [-0.05, 0) is 49.2 Å². The molecule has 0 bridgehead atoms. The Hall–Kier alpha value is -2.08. The van der Waals surface area contributed by atoms with Gasteiger partial charge in [-0.1, -0.05) is 0 Å². The first kappa shape index (κ1) is 14.3. The molecule has 0 aliphatic rings. The van der Waals surface area contributed by atoms with Gasteiger partial charge in [-0.2, -0.15) is 0 Å². The fraction of sp³-hybridized carbons (Fsp3) is 0.214. The lowest BCUT2D eigenvalue weighted by Gasteiger charge is -2.14. The summed E-state index contributed by atoms with van der Waals surface area (Å²) in [6, 6.07) is 6.86. The van der Waals surface area contributed by atoms with E-state index in [0.29, 0.717) is 21.7 Å². The average Bonchev–Trinajstić information content (AvgIpc) is 2.37. The highest BCUT2D eigenvalue weighted by atomic mass is 32.2. The Balaban J connectivity index is 2.45. The van der Waals surface area contributed by atoms with Crippen molar-refractivity contribution in [3.63, 3.8) is 0 Å². The third kappa shape index (κ3) is 2.91. The van der Waals surface area contributed by atoms with Crippen LogP contribution in [0.5, 0.6) is 0 Å². The summed E-state index contributed by atoms with van der Waals surface area (Å²) in [4.78, 5) is 4.18. The molecule has 2 N–H and O–H groups in total. The van der Waals surface area contributed by atoms with Gasteiger partial charge in [0, 0.05) is 25.1 Å². The summed E-state index contributed by atoms with van der Waals surface area (Å²) in [6.07, 6.45) is 3.09. The third-order valence-electron chi connectivity index (χ3n) is 2.95. The topological polar surface area (TPSA) is 71.1 Å². The predicted octanol–water partition coefficient (Wildman–Crippen LogP) is 2.54. The van der Waals surface area contributed by atoms with Crippen LogP contribution in [-0.2, 0) is 10.0 Å². The van der Waals surface area contributed by atoms with E-state index in [2.05, 4.69) is 15.0 Å². The molecule has 0 aliphatic carbocycles. The van der Waals surface area contributed by atoms with Crippen LogP contribution in [0, 0.1) is 13.8 Å². The van der Waals surface area contributed by atoms with Gasteiger partial charge in [0.1, 0.15) is 0 Å². The molecule has 1 aromatic carbocycles. The van der Waals surface area contributed by atoms with Gasteiger partial charge >= 0.3 is 0 Å². The van der Waals surface area contributed by atoms with E-state index in [-0.39, 0.29) is 0 Å². The number of nitrogens with zero attached hydrogens (tertiary/aromatic N) is 1. The maximum absolute atomic E-state index is 12.5. The molecular formula is C14H17N3O2S. The number of anilines is 2. The highest BCUT2D eigenvalue weighted by Crippen LogP contribution is 2.26. The molecule has 0 amide bonds. The van der Waals surface area contributed by atoms with Crippen LogP contribution < -0.4 is 10.0 Å². The van der Waals surface area contributed by atoms with Gasteiger partial charge in [0.05, 0.1) is 10.6 Å². The third-order valence-corrected chi connectivity index (χ3v) is 4.64. The van der Waals surface area contributed by atoms with E-state index < -0.39 is 10.0 Å². The molecule has 106 valence electrons. The van der Waals surface area contributed by atoms with Crippen LogP contribution in [0.25, 0.3) is 0 Å². The molecule has 1 heterocycles. The highest BCUT2D eigenvalue weighted by Gasteiger charge is 2.20. The second-order valence-electron chi connectivity index (χ2n) is 4.53. The molecule has 0 radical (unpaired) electrons. The summed E-state index contributed by atoms with van der Waals surface area (Å²) >= 11 is 0. The predicted molar refractivity (Wildman–Crippen MR) is 80.5 cm³/mol. The summed E-state index contributed by atoms with van der Waals surface area (Å²) in [5.74, 6) is 0. The van der Waals surface area contributed by atoms with Gasteiger partial charge in [-0.25, -0.2) is 8.42 Å². The van der Waals surface area contributed by atoms with E-state index in [9.17, 15) is 8.42 Å². The van der Waals surface area contributed by atoms with Gasteiger partial charge in [-0.3, -0.25) is 9.71 Å². The molecule has 0 saturated carbocycles. The standard InChI is InChI=1S/C14H17N3O2S/c1-10-8-13(15-3)9-11(2)14(10)20(18,19)17-12-4-6-16-7-5-12/h4-9,15H,1-3H3,(H,16,17). The van der Waals surface area contributed by atoms with Crippen LogP contribution in [0.4, 0.5) is 11.4 Å². The quantitative estimate of drug-likeness (QED) is 0.908. The monoisotopic (exact) mass is 291 g/mol. The minimum atomic E-state index is -3.61. The zero-order chi connectivity index (χ0) is 14.8. The SMILES string of the molecule is CNc1cc(C)c(S(=O)(=O)Nc2ccncc2)c(C)c1. The number of nitrogens with one attached hydrogen (secondary N) is 2. The molecule has 0 unspecified atom stereocenters. The first-order chi connectivity index (χ1) is 9.44. The zero-order valence-corrected chi connectivity index (χ0v) is 12.5. The summed E-state index contributed by atoms with van der Waals surface area (Å²) in [5.41, 5.74) is 2.80. The molecule has 2 rings (SSSR count). The van der Waals surface area contributed by atoms with Gasteiger partial charge in [-0.15, -0.1) is 0 Å². The lowest BCUT2D eigenvalue weighted by Crippen LogP contribution is -2.16. The Morgan fingerprint density at radius 1 is 1.00 bits per heavy atom. The number of rotatable bonds is 4. The number of hydrogen-bond acceptors (Lipinski definition) is 4. The van der Waals surface area contributed by atoms with E-state index in [4.69, 9.17) is 0 Å². The second kappa shape index (κ2) is 5.50. The first-order valence-electron chi connectivity index (χ1n) is 6.16. The van der Waals surface area contributed by atoms with Gasteiger partial charge in [0.15, 0.2) is 0 Å². The van der Waals surface area contributed by atoms with E-state index in [0.717, 1.165) is 5.69 Å². The average molecular weight is 291 g/mol. The number of hydrogen-bond donors (Lipinski definition) is 2. The van der Waals surface area contributed by atoms with Crippen LogP contribution in [-0.4, -0.2) is 20.4 Å². The molecule has 0 atom stereocenters. The van der Waals surface area contributed by atoms with E-state index in [1.807, 2.05) is 12.1 Å². The fourth-order valence-corrected chi connectivity index (χ4v) is 3.66. The molecule has 0 fully saturated rings. The molecule has 2 aromatic rings. The summed E-state index contributed by atoms with van der Waals surface area (Å²) in [5, 5.41) is 3.01. The summed E-state index contributed by atoms with van der Waals surface area (Å²) in [6.45, 7) is 3.57. The van der Waals surface area contributed by atoms with Gasteiger partial charge in [0.2, 0.25) is 0 Å². The maximum Gasteiger partial charge on any atom is 0.262 e. The van der Waals surface area contributed by atoms with Crippen molar-refractivity contribution in [3.05, 3.63) is 47.8 Å². The number of benzene rings is 1. The normalized spacial score (nSPS) is 11.2. The Kier molecular flexibility index (Phi) is 3.94. The lowest BCUT2D eigenvalue weighted by atomic mass is 10.1. The smallest absolute Gasteiger partial charge is 0.262 e. The zero-order valence-electron chi connectivity index (χ0n) is 11.6. The summed E-state index contributed by atoms with van der Waals surface area (Å²) < 4.78 is 27.5. The van der Waals surface area contributed by atoms with Gasteiger partial charge < -0.3 is 5.32 Å². The fourth-order valence-electron chi connectivity index (χ4n) is 2.14. The second-order valence-corrected chi connectivity index (χ2v) is 6.15. The number of pyridine rings is 1. The van der Waals surface area contributed by atoms with Crippen molar-refractivity contribution in [2.45, 2.75) is 18.7 Å². The minimum absolute atomic E-state index is 0.313. The molecule has 0 saturated heterocycles.